The van der Waals surface area contributed by atoms with E-state index >= 15 is 0 Å². The van der Waals surface area contributed by atoms with Crippen molar-refractivity contribution in [2.45, 2.75) is 26.7 Å². The first kappa shape index (κ1) is 20.5. The SMILES string of the molecule is CC(=O)N1CCN(C(=O)c2cncc(C(=O)Nc3ccccc3C(C)C)c2)CC1. The van der Waals surface area contributed by atoms with E-state index in [-0.39, 0.29) is 23.6 Å². The van der Waals surface area contributed by atoms with Crippen molar-refractivity contribution in [2.24, 2.45) is 0 Å². The highest BCUT2D eigenvalue weighted by atomic mass is 16.2. The first-order chi connectivity index (χ1) is 13.9. The fourth-order valence-electron chi connectivity index (χ4n) is 3.40. The number of benzene rings is 1. The number of hydrogen-bond donors (Lipinski definition) is 1. The molecule has 0 unspecified atom stereocenters. The Morgan fingerprint density at radius 2 is 1.59 bits per heavy atom. The molecule has 7 nitrogen and oxygen atoms in total. The van der Waals surface area contributed by atoms with E-state index < -0.39 is 0 Å². The lowest BCUT2D eigenvalue weighted by atomic mass is 10.0. The van der Waals surface area contributed by atoms with Crippen LogP contribution in [0.4, 0.5) is 5.69 Å². The topological polar surface area (TPSA) is 82.6 Å². The summed E-state index contributed by atoms with van der Waals surface area (Å²) >= 11 is 0. The first-order valence-corrected chi connectivity index (χ1v) is 9.77. The van der Waals surface area contributed by atoms with Gasteiger partial charge in [0, 0.05) is 51.2 Å². The van der Waals surface area contributed by atoms with Gasteiger partial charge in [0.05, 0.1) is 11.1 Å². The van der Waals surface area contributed by atoms with E-state index in [1.165, 1.54) is 19.3 Å². The van der Waals surface area contributed by atoms with E-state index in [9.17, 15) is 14.4 Å². The molecule has 7 heteroatoms. The predicted octanol–water partition coefficient (Wildman–Crippen LogP) is 2.76. The second-order valence-corrected chi connectivity index (χ2v) is 7.46. The third-order valence-corrected chi connectivity index (χ3v) is 5.09. The summed E-state index contributed by atoms with van der Waals surface area (Å²) in [6.07, 6.45) is 2.93. The van der Waals surface area contributed by atoms with E-state index in [4.69, 9.17) is 0 Å². The number of amides is 3. The van der Waals surface area contributed by atoms with Crippen molar-refractivity contribution in [3.63, 3.8) is 0 Å². The zero-order valence-electron chi connectivity index (χ0n) is 17.0. The second-order valence-electron chi connectivity index (χ2n) is 7.46. The smallest absolute Gasteiger partial charge is 0.257 e. The van der Waals surface area contributed by atoms with E-state index in [0.29, 0.717) is 37.3 Å². The molecule has 1 aliphatic heterocycles. The van der Waals surface area contributed by atoms with Crippen LogP contribution in [0.25, 0.3) is 0 Å². The lowest BCUT2D eigenvalue weighted by molar-refractivity contribution is -0.130. The summed E-state index contributed by atoms with van der Waals surface area (Å²) in [5.41, 5.74) is 2.50. The van der Waals surface area contributed by atoms with Gasteiger partial charge >= 0.3 is 0 Å². The van der Waals surface area contributed by atoms with Gasteiger partial charge in [-0.3, -0.25) is 19.4 Å². The molecule has 0 spiro atoms. The fraction of sp³-hybridized carbons (Fsp3) is 0.364. The molecule has 3 rings (SSSR count). The van der Waals surface area contributed by atoms with Crippen LogP contribution in [0.15, 0.2) is 42.7 Å². The lowest BCUT2D eigenvalue weighted by Gasteiger charge is -2.34. The number of pyridine rings is 1. The van der Waals surface area contributed by atoms with Gasteiger partial charge in [-0.15, -0.1) is 0 Å². The quantitative estimate of drug-likeness (QED) is 0.864. The van der Waals surface area contributed by atoms with Crippen LogP contribution in [0.5, 0.6) is 0 Å². The van der Waals surface area contributed by atoms with Crippen molar-refractivity contribution < 1.29 is 14.4 Å². The van der Waals surface area contributed by atoms with Gasteiger partial charge in [-0.05, 0) is 23.6 Å². The first-order valence-electron chi connectivity index (χ1n) is 9.77. The third-order valence-electron chi connectivity index (χ3n) is 5.09. The van der Waals surface area contributed by atoms with Gasteiger partial charge in [0.25, 0.3) is 11.8 Å². The summed E-state index contributed by atoms with van der Waals surface area (Å²) < 4.78 is 0. The molecule has 0 radical (unpaired) electrons. The zero-order chi connectivity index (χ0) is 21.0. The zero-order valence-corrected chi connectivity index (χ0v) is 17.0. The normalized spacial score (nSPS) is 14.1. The molecule has 1 aromatic carbocycles. The summed E-state index contributed by atoms with van der Waals surface area (Å²) in [4.78, 5) is 44.5. The Hall–Kier alpha value is -3.22. The maximum absolute atomic E-state index is 12.8. The van der Waals surface area contributed by atoms with E-state index in [1.807, 2.05) is 24.3 Å². The monoisotopic (exact) mass is 394 g/mol. The largest absolute Gasteiger partial charge is 0.339 e. The molecule has 1 fully saturated rings. The molecule has 3 amide bonds. The number of carbonyl (C=O) groups excluding carboxylic acids is 3. The van der Waals surface area contributed by atoms with Crippen molar-refractivity contribution in [2.75, 3.05) is 31.5 Å². The molecule has 0 bridgehead atoms. The van der Waals surface area contributed by atoms with Crippen LogP contribution in [0, 0.1) is 0 Å². The highest BCUT2D eigenvalue weighted by Crippen LogP contribution is 2.24. The maximum Gasteiger partial charge on any atom is 0.257 e. The van der Waals surface area contributed by atoms with Gasteiger partial charge in [0.15, 0.2) is 0 Å². The number of nitrogens with zero attached hydrogens (tertiary/aromatic N) is 3. The van der Waals surface area contributed by atoms with Crippen LogP contribution >= 0.6 is 0 Å². The number of rotatable bonds is 4. The Morgan fingerprint density at radius 1 is 0.966 bits per heavy atom. The van der Waals surface area contributed by atoms with Crippen molar-refractivity contribution in [1.29, 1.82) is 0 Å². The van der Waals surface area contributed by atoms with Crippen LogP contribution in [0.1, 0.15) is 53.0 Å². The Morgan fingerprint density at radius 3 is 2.24 bits per heavy atom. The molecular weight excluding hydrogens is 368 g/mol. The van der Waals surface area contributed by atoms with Crippen molar-refractivity contribution in [3.8, 4) is 0 Å². The minimum Gasteiger partial charge on any atom is -0.339 e. The summed E-state index contributed by atoms with van der Waals surface area (Å²) in [5.74, 6) is -0.204. The van der Waals surface area contributed by atoms with Crippen LogP contribution in [-0.2, 0) is 4.79 Å². The number of carbonyl (C=O) groups is 3. The molecule has 0 atom stereocenters. The minimum atomic E-state index is -0.304. The predicted molar refractivity (Wildman–Crippen MR) is 111 cm³/mol. The average Bonchev–Trinajstić information content (AvgIpc) is 2.73. The lowest BCUT2D eigenvalue weighted by Crippen LogP contribution is -2.50. The molecular formula is C22H26N4O3. The van der Waals surface area contributed by atoms with E-state index in [1.54, 1.807) is 15.9 Å². The van der Waals surface area contributed by atoms with Gasteiger partial charge in [-0.2, -0.15) is 0 Å². The summed E-state index contributed by atoms with van der Waals surface area (Å²) in [5, 5.41) is 2.92. The highest BCUT2D eigenvalue weighted by molar-refractivity contribution is 6.06. The molecule has 2 heterocycles. The molecule has 152 valence electrons. The Labute approximate surface area is 170 Å². The second kappa shape index (κ2) is 8.86. The van der Waals surface area contributed by atoms with Gasteiger partial charge in [-0.1, -0.05) is 32.0 Å². The minimum absolute atomic E-state index is 0.0131. The van der Waals surface area contributed by atoms with Crippen LogP contribution in [0.3, 0.4) is 0 Å². The third kappa shape index (κ3) is 4.80. The maximum atomic E-state index is 12.8. The van der Waals surface area contributed by atoms with Crippen molar-refractivity contribution >= 4 is 23.4 Å². The van der Waals surface area contributed by atoms with Gasteiger partial charge in [0.2, 0.25) is 5.91 Å². The Bertz CT molecular complexity index is 918. The van der Waals surface area contributed by atoms with Crippen LogP contribution in [-0.4, -0.2) is 58.7 Å². The average molecular weight is 394 g/mol. The molecule has 0 saturated carbocycles. The van der Waals surface area contributed by atoms with Gasteiger partial charge < -0.3 is 15.1 Å². The number of piperazine rings is 1. The molecule has 1 N–H and O–H groups in total. The molecule has 1 saturated heterocycles. The van der Waals surface area contributed by atoms with Gasteiger partial charge in [-0.25, -0.2) is 0 Å². The number of hydrogen-bond acceptors (Lipinski definition) is 4. The standard InChI is InChI=1S/C22H26N4O3/c1-15(2)19-6-4-5-7-20(19)24-21(28)17-12-18(14-23-13-17)22(29)26-10-8-25(9-11-26)16(3)27/h4-7,12-15H,8-11H2,1-3H3,(H,24,28). The Balaban J connectivity index is 1.72. The number of aromatic nitrogens is 1. The van der Waals surface area contributed by atoms with Crippen molar-refractivity contribution in [1.82, 2.24) is 14.8 Å². The summed E-state index contributed by atoms with van der Waals surface area (Å²) in [7, 11) is 0. The summed E-state index contributed by atoms with van der Waals surface area (Å²) in [6.45, 7) is 7.63. The Kier molecular flexibility index (Phi) is 6.26. The molecule has 1 aliphatic rings. The molecule has 0 aliphatic carbocycles. The van der Waals surface area contributed by atoms with E-state index in [0.717, 1.165) is 11.3 Å². The van der Waals surface area contributed by atoms with Gasteiger partial charge in [0.1, 0.15) is 0 Å². The molecule has 2 aromatic rings. The fourth-order valence-corrected chi connectivity index (χ4v) is 3.40. The molecule has 29 heavy (non-hydrogen) atoms. The van der Waals surface area contributed by atoms with Crippen LogP contribution in [0.2, 0.25) is 0 Å². The van der Waals surface area contributed by atoms with Crippen LogP contribution < -0.4 is 5.32 Å². The number of nitrogens with one attached hydrogen (secondary N) is 1. The highest BCUT2D eigenvalue weighted by Gasteiger charge is 2.24. The number of para-hydroxylation sites is 1. The summed E-state index contributed by atoms with van der Waals surface area (Å²) in [6, 6.07) is 9.24. The number of anilines is 1. The van der Waals surface area contributed by atoms with Crippen molar-refractivity contribution in [3.05, 3.63) is 59.4 Å². The van der Waals surface area contributed by atoms with E-state index in [2.05, 4.69) is 24.1 Å². The molecule has 1 aromatic heterocycles.